The van der Waals surface area contributed by atoms with Crippen LogP contribution in [0.25, 0.3) is 0 Å². The maximum Gasteiger partial charge on any atom is 0.315 e. The van der Waals surface area contributed by atoms with Crippen molar-refractivity contribution in [3.63, 3.8) is 0 Å². The molecule has 0 amide bonds. The van der Waals surface area contributed by atoms with Crippen molar-refractivity contribution in [1.29, 1.82) is 5.26 Å². The van der Waals surface area contributed by atoms with Crippen LogP contribution in [0, 0.1) is 22.7 Å². The number of esters is 1. The van der Waals surface area contributed by atoms with Crippen LogP contribution in [0.1, 0.15) is 18.5 Å². The Morgan fingerprint density at radius 1 is 1.25 bits per heavy atom. The number of hydrogen-bond acceptors (Lipinski definition) is 6. The van der Waals surface area contributed by atoms with Crippen LogP contribution in [0.5, 0.6) is 5.75 Å². The average Bonchev–Trinajstić information content (AvgIpc) is 3.24. The van der Waals surface area contributed by atoms with Crippen LogP contribution in [0.2, 0.25) is 0 Å². The lowest BCUT2D eigenvalue weighted by molar-refractivity contribution is -0.140. The molecular weight excluding hydrogens is 372 g/mol. The standard InChI is InChI=1S/C22H18N2O3S/c1-22-12-27-21(25)18(22)15(11-23)20-24(16-5-3-4-6-17(16)28-20)19(22)13-7-9-14(26-2)10-8-13/h3-10,18-19H,12H2,1-2H3/t18-,19+,22+/m1/s1. The van der Waals surface area contributed by atoms with Crippen molar-refractivity contribution >= 4 is 23.4 Å². The number of cyclic esters (lactones) is 1. The molecule has 2 aromatic carbocycles. The summed E-state index contributed by atoms with van der Waals surface area (Å²) in [5.74, 6) is -0.0800. The Morgan fingerprint density at radius 2 is 2.00 bits per heavy atom. The molecule has 3 heterocycles. The Hall–Kier alpha value is -2.91. The highest BCUT2D eigenvalue weighted by atomic mass is 32.2. The van der Waals surface area contributed by atoms with Crippen molar-refractivity contribution < 1.29 is 14.3 Å². The molecule has 6 heteroatoms. The molecule has 0 bridgehead atoms. The van der Waals surface area contributed by atoms with E-state index in [1.54, 1.807) is 18.9 Å². The van der Waals surface area contributed by atoms with Gasteiger partial charge in [-0.3, -0.25) is 4.79 Å². The summed E-state index contributed by atoms with van der Waals surface area (Å²) in [4.78, 5) is 16.0. The van der Waals surface area contributed by atoms with E-state index in [2.05, 4.69) is 30.0 Å². The summed E-state index contributed by atoms with van der Waals surface area (Å²) in [6.07, 6.45) is 0. The van der Waals surface area contributed by atoms with E-state index in [0.29, 0.717) is 5.57 Å². The lowest BCUT2D eigenvalue weighted by Gasteiger charge is -2.47. The third-order valence-electron chi connectivity index (χ3n) is 5.92. The largest absolute Gasteiger partial charge is 0.497 e. The lowest BCUT2D eigenvalue weighted by atomic mass is 9.66. The van der Waals surface area contributed by atoms with Crippen molar-refractivity contribution in [3.05, 3.63) is 64.7 Å². The Kier molecular flexibility index (Phi) is 3.72. The molecule has 0 aromatic heterocycles. The van der Waals surface area contributed by atoms with E-state index in [0.717, 1.165) is 26.9 Å². The van der Waals surface area contributed by atoms with Crippen LogP contribution in [-0.4, -0.2) is 19.7 Å². The number of rotatable bonds is 2. The van der Waals surface area contributed by atoms with E-state index < -0.39 is 11.3 Å². The number of hydrogen-bond donors (Lipinski definition) is 0. The quantitative estimate of drug-likeness (QED) is 0.714. The summed E-state index contributed by atoms with van der Waals surface area (Å²) < 4.78 is 10.8. The van der Waals surface area contributed by atoms with Gasteiger partial charge in [-0.25, -0.2) is 0 Å². The van der Waals surface area contributed by atoms with Crippen molar-refractivity contribution in [1.82, 2.24) is 0 Å². The number of para-hydroxylation sites is 1. The first kappa shape index (κ1) is 17.2. The molecule has 0 aliphatic carbocycles. The van der Waals surface area contributed by atoms with E-state index in [4.69, 9.17) is 9.47 Å². The van der Waals surface area contributed by atoms with Crippen LogP contribution in [0.3, 0.4) is 0 Å². The fourth-order valence-corrected chi connectivity index (χ4v) is 5.84. The minimum absolute atomic E-state index is 0.127. The molecule has 0 saturated carbocycles. The maximum atomic E-state index is 12.7. The van der Waals surface area contributed by atoms with Crippen LogP contribution < -0.4 is 9.64 Å². The highest BCUT2D eigenvalue weighted by molar-refractivity contribution is 8.03. The van der Waals surface area contributed by atoms with E-state index >= 15 is 0 Å². The highest BCUT2D eigenvalue weighted by Crippen LogP contribution is 2.63. The van der Waals surface area contributed by atoms with E-state index in [1.165, 1.54) is 0 Å². The minimum Gasteiger partial charge on any atom is -0.497 e. The highest BCUT2D eigenvalue weighted by Gasteiger charge is 2.61. The second-order valence-corrected chi connectivity index (χ2v) is 8.52. The topological polar surface area (TPSA) is 62.6 Å². The molecule has 0 N–H and O–H groups in total. The number of benzene rings is 2. The smallest absolute Gasteiger partial charge is 0.315 e. The number of fused-ring (bicyclic) bond motifs is 4. The summed E-state index contributed by atoms with van der Waals surface area (Å²) in [5, 5.41) is 10.8. The van der Waals surface area contributed by atoms with Gasteiger partial charge in [-0.05, 0) is 29.8 Å². The monoisotopic (exact) mass is 390 g/mol. The van der Waals surface area contributed by atoms with Gasteiger partial charge in [0.1, 0.15) is 18.3 Å². The summed E-state index contributed by atoms with van der Waals surface area (Å²) >= 11 is 1.56. The molecular formula is C22H18N2O3S. The Labute approximate surface area is 167 Å². The molecule has 0 radical (unpaired) electrons. The number of nitrogens with zero attached hydrogens (tertiary/aromatic N) is 2. The van der Waals surface area contributed by atoms with Crippen LogP contribution in [-0.2, 0) is 9.53 Å². The Morgan fingerprint density at radius 3 is 2.71 bits per heavy atom. The first-order valence-corrected chi connectivity index (χ1v) is 9.91. The molecule has 140 valence electrons. The number of anilines is 1. The molecule has 5 rings (SSSR count). The fraction of sp³-hybridized carbons (Fsp3) is 0.273. The first-order chi connectivity index (χ1) is 13.6. The first-order valence-electron chi connectivity index (χ1n) is 9.09. The summed E-state index contributed by atoms with van der Waals surface area (Å²) in [5.41, 5.74) is 2.10. The summed E-state index contributed by atoms with van der Waals surface area (Å²) in [6.45, 7) is 2.34. The molecule has 28 heavy (non-hydrogen) atoms. The molecule has 3 atom stereocenters. The van der Waals surface area contributed by atoms with Gasteiger partial charge < -0.3 is 14.4 Å². The predicted octanol–water partition coefficient (Wildman–Crippen LogP) is 4.28. The second-order valence-electron chi connectivity index (χ2n) is 7.49. The molecule has 0 spiro atoms. The molecule has 0 unspecified atom stereocenters. The SMILES string of the molecule is COc1ccc([C@@H]2N3C(=C(C#N)[C@@H]4C(=O)OC[C@@]42C)Sc2ccccc23)cc1. The van der Waals surface area contributed by atoms with Gasteiger partial charge in [-0.15, -0.1) is 0 Å². The Bertz CT molecular complexity index is 1060. The molecule has 3 aliphatic heterocycles. The van der Waals surface area contributed by atoms with E-state index in [9.17, 15) is 10.1 Å². The van der Waals surface area contributed by atoms with Crippen LogP contribution in [0.4, 0.5) is 5.69 Å². The lowest BCUT2D eigenvalue weighted by Crippen LogP contribution is -2.48. The van der Waals surface area contributed by atoms with Gasteiger partial charge in [0.05, 0.1) is 35.5 Å². The van der Waals surface area contributed by atoms with Crippen molar-refractivity contribution in [2.45, 2.75) is 17.9 Å². The van der Waals surface area contributed by atoms with Crippen molar-refractivity contribution in [2.75, 3.05) is 18.6 Å². The third-order valence-corrected chi connectivity index (χ3v) is 7.10. The maximum absolute atomic E-state index is 12.7. The third kappa shape index (κ3) is 2.17. The zero-order valence-electron chi connectivity index (χ0n) is 15.5. The summed E-state index contributed by atoms with van der Waals surface area (Å²) in [7, 11) is 1.64. The van der Waals surface area contributed by atoms with Gasteiger partial charge in [0.2, 0.25) is 0 Å². The molecule has 2 aromatic rings. The van der Waals surface area contributed by atoms with Crippen LogP contribution >= 0.6 is 11.8 Å². The van der Waals surface area contributed by atoms with E-state index in [1.807, 2.05) is 36.4 Å². The zero-order valence-corrected chi connectivity index (χ0v) is 16.3. The zero-order chi connectivity index (χ0) is 19.5. The van der Waals surface area contributed by atoms with Gasteiger partial charge in [0, 0.05) is 10.3 Å². The normalized spacial score (nSPS) is 27.6. The molecule has 1 fully saturated rings. The number of carbonyl (C=O) groups is 1. The number of ether oxygens (including phenoxy) is 2. The van der Waals surface area contributed by atoms with E-state index in [-0.39, 0.29) is 18.6 Å². The van der Waals surface area contributed by atoms with Gasteiger partial charge in [-0.2, -0.15) is 5.26 Å². The Balaban J connectivity index is 1.77. The molecule has 5 nitrogen and oxygen atoms in total. The van der Waals surface area contributed by atoms with Gasteiger partial charge in [0.25, 0.3) is 0 Å². The van der Waals surface area contributed by atoms with Crippen LogP contribution in [0.15, 0.2) is 64.0 Å². The number of carbonyl (C=O) groups excluding carboxylic acids is 1. The summed E-state index contributed by atoms with van der Waals surface area (Å²) in [6, 6.07) is 18.3. The molecule has 1 saturated heterocycles. The molecule has 3 aliphatic rings. The van der Waals surface area contributed by atoms with Gasteiger partial charge >= 0.3 is 5.97 Å². The average molecular weight is 390 g/mol. The second kappa shape index (κ2) is 6.05. The van der Waals surface area contributed by atoms with Gasteiger partial charge in [0.15, 0.2) is 0 Å². The number of nitriles is 1. The van der Waals surface area contributed by atoms with Gasteiger partial charge in [-0.1, -0.05) is 43.0 Å². The fourth-order valence-electron chi connectivity index (χ4n) is 4.64. The van der Waals surface area contributed by atoms with Crippen molar-refractivity contribution in [3.8, 4) is 11.8 Å². The predicted molar refractivity (Wildman–Crippen MR) is 106 cm³/mol. The van der Waals surface area contributed by atoms with Crippen molar-refractivity contribution in [2.24, 2.45) is 11.3 Å². The number of thioether (sulfide) groups is 1. The number of methoxy groups -OCH3 is 1. The minimum atomic E-state index is -0.558.